The van der Waals surface area contributed by atoms with Gasteiger partial charge in [0, 0.05) is 25.9 Å². The molecule has 0 bridgehead atoms. The number of furan rings is 1. The first kappa shape index (κ1) is 18.0. The smallest absolute Gasteiger partial charge is 0.129 e. The maximum Gasteiger partial charge on any atom is 0.129 e. The zero-order valence-electron chi connectivity index (χ0n) is 14.9. The second-order valence-electron chi connectivity index (χ2n) is 6.71. The number of hydrogen-bond acceptors (Lipinski definition) is 5. The summed E-state index contributed by atoms with van der Waals surface area (Å²) in [6.07, 6.45) is 2.17. The van der Waals surface area contributed by atoms with Gasteiger partial charge in [-0.15, -0.1) is 0 Å². The molecule has 5 heteroatoms. The molecule has 0 amide bonds. The second-order valence-corrected chi connectivity index (χ2v) is 6.71. The van der Waals surface area contributed by atoms with Gasteiger partial charge in [-0.2, -0.15) is 0 Å². The number of nitrogens with one attached hydrogen (secondary N) is 1. The van der Waals surface area contributed by atoms with E-state index in [2.05, 4.69) is 34.5 Å². The fraction of sp³-hybridized carbons (Fsp3) is 0.500. The molecule has 2 aromatic rings. The predicted octanol–water partition coefficient (Wildman–Crippen LogP) is 3.24. The fourth-order valence-corrected chi connectivity index (χ4v) is 3.32. The molecular formula is C20H28N2O3. The normalized spacial score (nSPS) is 16.2. The summed E-state index contributed by atoms with van der Waals surface area (Å²) in [5.41, 5.74) is 2.45. The van der Waals surface area contributed by atoms with Crippen LogP contribution in [0.2, 0.25) is 0 Å². The van der Waals surface area contributed by atoms with Crippen LogP contribution in [0.5, 0.6) is 0 Å². The van der Waals surface area contributed by atoms with Gasteiger partial charge in [-0.05, 0) is 55.6 Å². The lowest BCUT2D eigenvalue weighted by Crippen LogP contribution is -2.34. The lowest BCUT2D eigenvalue weighted by Gasteiger charge is -2.31. The van der Waals surface area contributed by atoms with Gasteiger partial charge < -0.3 is 19.6 Å². The largest absolute Gasteiger partial charge is 0.462 e. The van der Waals surface area contributed by atoms with E-state index in [1.54, 1.807) is 7.11 Å². The minimum Gasteiger partial charge on any atom is -0.462 e. The van der Waals surface area contributed by atoms with E-state index >= 15 is 0 Å². The lowest BCUT2D eigenvalue weighted by atomic mass is 9.97. The standard InChI is InChI=1S/C20H28N2O3/c1-24-15-19-7-6-18(25-19)12-21-20-5-3-2-4-17(20)13-22-10-8-16(14-23)9-11-22/h2-7,16,21,23H,8-15H2,1H3. The van der Waals surface area contributed by atoms with Crippen LogP contribution in [0.15, 0.2) is 40.8 Å². The van der Waals surface area contributed by atoms with Crippen molar-refractivity contribution in [2.75, 3.05) is 32.1 Å². The molecule has 2 heterocycles. The van der Waals surface area contributed by atoms with Gasteiger partial charge in [-0.3, -0.25) is 4.90 Å². The van der Waals surface area contributed by atoms with Crippen molar-refractivity contribution >= 4 is 5.69 Å². The lowest BCUT2D eigenvalue weighted by molar-refractivity contribution is 0.127. The molecule has 136 valence electrons. The summed E-state index contributed by atoms with van der Waals surface area (Å²) < 4.78 is 10.8. The minimum atomic E-state index is 0.320. The molecule has 3 rings (SSSR count). The van der Waals surface area contributed by atoms with E-state index in [4.69, 9.17) is 9.15 Å². The Bertz CT molecular complexity index is 648. The van der Waals surface area contributed by atoms with E-state index in [0.29, 0.717) is 25.7 Å². The summed E-state index contributed by atoms with van der Waals surface area (Å²) in [4.78, 5) is 2.47. The van der Waals surface area contributed by atoms with Gasteiger partial charge in [0.25, 0.3) is 0 Å². The summed E-state index contributed by atoms with van der Waals surface area (Å²) in [6, 6.07) is 12.4. The molecule has 2 N–H and O–H groups in total. The van der Waals surface area contributed by atoms with Crippen LogP contribution in [0.1, 0.15) is 29.9 Å². The number of likely N-dealkylation sites (tertiary alicyclic amines) is 1. The monoisotopic (exact) mass is 344 g/mol. The maximum absolute atomic E-state index is 9.28. The molecule has 0 radical (unpaired) electrons. The van der Waals surface area contributed by atoms with Crippen LogP contribution in [-0.4, -0.2) is 36.8 Å². The quantitative estimate of drug-likeness (QED) is 0.770. The number of hydrogen-bond donors (Lipinski definition) is 2. The van der Waals surface area contributed by atoms with Crippen LogP contribution >= 0.6 is 0 Å². The number of piperidine rings is 1. The van der Waals surface area contributed by atoms with Gasteiger partial charge in [0.1, 0.15) is 18.1 Å². The Labute approximate surface area is 149 Å². The van der Waals surface area contributed by atoms with Crippen molar-refractivity contribution in [3.8, 4) is 0 Å². The Morgan fingerprint density at radius 3 is 2.68 bits per heavy atom. The number of aliphatic hydroxyl groups is 1. The highest BCUT2D eigenvalue weighted by Gasteiger charge is 2.19. The average molecular weight is 344 g/mol. The Morgan fingerprint density at radius 1 is 1.16 bits per heavy atom. The van der Waals surface area contributed by atoms with Crippen molar-refractivity contribution < 1.29 is 14.3 Å². The molecular weight excluding hydrogens is 316 g/mol. The Hall–Kier alpha value is -1.82. The zero-order chi connectivity index (χ0) is 17.5. The summed E-state index contributed by atoms with van der Waals surface area (Å²) in [7, 11) is 1.67. The first-order valence-electron chi connectivity index (χ1n) is 9.00. The van der Waals surface area contributed by atoms with Crippen LogP contribution in [0.3, 0.4) is 0 Å². The second kappa shape index (κ2) is 9.04. The van der Waals surface area contributed by atoms with E-state index in [1.165, 1.54) is 5.56 Å². The van der Waals surface area contributed by atoms with Gasteiger partial charge in [-0.1, -0.05) is 18.2 Å². The number of nitrogens with zero attached hydrogens (tertiary/aromatic N) is 1. The topological polar surface area (TPSA) is 57.9 Å². The third kappa shape index (κ3) is 5.08. The summed E-state index contributed by atoms with van der Waals surface area (Å²) in [5.74, 6) is 2.23. The molecule has 1 aromatic carbocycles. The third-order valence-corrected chi connectivity index (χ3v) is 4.83. The van der Waals surface area contributed by atoms with Gasteiger partial charge >= 0.3 is 0 Å². The molecule has 1 aromatic heterocycles. The van der Waals surface area contributed by atoms with Crippen LogP contribution in [0.4, 0.5) is 5.69 Å². The van der Waals surface area contributed by atoms with Crippen molar-refractivity contribution in [1.29, 1.82) is 0 Å². The van der Waals surface area contributed by atoms with Gasteiger partial charge in [0.2, 0.25) is 0 Å². The Balaban J connectivity index is 1.57. The van der Waals surface area contributed by atoms with Crippen LogP contribution < -0.4 is 5.32 Å². The average Bonchev–Trinajstić information content (AvgIpc) is 3.09. The number of rotatable bonds is 8. The number of anilines is 1. The number of para-hydroxylation sites is 1. The van der Waals surface area contributed by atoms with Crippen molar-refractivity contribution in [3.05, 3.63) is 53.5 Å². The molecule has 0 unspecified atom stereocenters. The number of methoxy groups -OCH3 is 1. The minimum absolute atomic E-state index is 0.320. The van der Waals surface area contributed by atoms with E-state index in [-0.39, 0.29) is 0 Å². The summed E-state index contributed by atoms with van der Waals surface area (Å²) >= 11 is 0. The van der Waals surface area contributed by atoms with Crippen molar-refractivity contribution in [2.24, 2.45) is 5.92 Å². The maximum atomic E-state index is 9.28. The molecule has 0 atom stereocenters. The number of ether oxygens (including phenoxy) is 1. The van der Waals surface area contributed by atoms with Crippen LogP contribution in [-0.2, 0) is 24.4 Å². The highest BCUT2D eigenvalue weighted by molar-refractivity contribution is 5.51. The summed E-state index contributed by atoms with van der Waals surface area (Å²) in [6.45, 7) is 4.53. The highest BCUT2D eigenvalue weighted by atomic mass is 16.5. The molecule has 1 saturated heterocycles. The van der Waals surface area contributed by atoms with Crippen molar-refractivity contribution in [3.63, 3.8) is 0 Å². The molecule has 5 nitrogen and oxygen atoms in total. The van der Waals surface area contributed by atoms with Crippen molar-refractivity contribution in [2.45, 2.75) is 32.5 Å². The third-order valence-electron chi connectivity index (χ3n) is 4.83. The zero-order valence-corrected chi connectivity index (χ0v) is 14.9. The Kier molecular flexibility index (Phi) is 6.50. The van der Waals surface area contributed by atoms with E-state index < -0.39 is 0 Å². The predicted molar refractivity (Wildman–Crippen MR) is 98.3 cm³/mol. The van der Waals surface area contributed by atoms with Gasteiger partial charge in [0.15, 0.2) is 0 Å². The SMILES string of the molecule is COCc1ccc(CNc2ccccc2CN2CCC(CO)CC2)o1. The van der Waals surface area contributed by atoms with Crippen molar-refractivity contribution in [1.82, 2.24) is 4.90 Å². The number of benzene rings is 1. The first-order chi connectivity index (χ1) is 12.3. The molecule has 0 spiro atoms. The summed E-state index contributed by atoms with van der Waals surface area (Å²) in [5, 5.41) is 12.8. The number of aliphatic hydroxyl groups excluding tert-OH is 1. The highest BCUT2D eigenvalue weighted by Crippen LogP contribution is 2.23. The Morgan fingerprint density at radius 2 is 1.92 bits per heavy atom. The molecule has 25 heavy (non-hydrogen) atoms. The molecule has 0 aliphatic carbocycles. The van der Waals surface area contributed by atoms with Crippen LogP contribution in [0, 0.1) is 5.92 Å². The van der Waals surface area contributed by atoms with E-state index in [1.807, 2.05) is 12.1 Å². The molecule has 1 aliphatic rings. The van der Waals surface area contributed by atoms with Gasteiger partial charge in [0.05, 0.1) is 6.54 Å². The van der Waals surface area contributed by atoms with Crippen LogP contribution in [0.25, 0.3) is 0 Å². The van der Waals surface area contributed by atoms with Gasteiger partial charge in [-0.25, -0.2) is 0 Å². The molecule has 1 aliphatic heterocycles. The molecule has 1 fully saturated rings. The van der Waals surface area contributed by atoms with E-state index in [0.717, 1.165) is 49.7 Å². The van der Waals surface area contributed by atoms with E-state index in [9.17, 15) is 5.11 Å². The molecule has 0 saturated carbocycles. The first-order valence-corrected chi connectivity index (χ1v) is 9.00. The fourth-order valence-electron chi connectivity index (χ4n) is 3.32.